The first-order chi connectivity index (χ1) is 9.43. The van der Waals surface area contributed by atoms with Crippen LogP contribution in [0.15, 0.2) is 18.2 Å². The van der Waals surface area contributed by atoms with E-state index in [-0.39, 0.29) is 18.4 Å². The van der Waals surface area contributed by atoms with Crippen molar-refractivity contribution in [3.05, 3.63) is 29.3 Å². The van der Waals surface area contributed by atoms with Crippen LogP contribution in [0.2, 0.25) is 0 Å². The lowest BCUT2D eigenvalue weighted by atomic mass is 9.99. The molecule has 1 heterocycles. The average Bonchev–Trinajstić information content (AvgIpc) is 2.80. The Morgan fingerprint density at radius 1 is 1.35 bits per heavy atom. The SMILES string of the molecule is COc1ccc(C(=O)N2C[C@@H](C)[C@H](C(=O)O)C2)c(C)c1. The predicted molar refractivity (Wildman–Crippen MR) is 73.9 cm³/mol. The van der Waals surface area contributed by atoms with Crippen LogP contribution in [0.25, 0.3) is 0 Å². The number of carbonyl (C=O) groups excluding carboxylic acids is 1. The third-order valence-corrected chi connectivity index (χ3v) is 3.88. The van der Waals surface area contributed by atoms with Gasteiger partial charge in [0.15, 0.2) is 0 Å². The fourth-order valence-electron chi connectivity index (χ4n) is 2.63. The van der Waals surface area contributed by atoms with Crippen LogP contribution in [-0.2, 0) is 4.79 Å². The van der Waals surface area contributed by atoms with Gasteiger partial charge in [0.1, 0.15) is 5.75 Å². The molecule has 0 aliphatic carbocycles. The molecule has 1 fully saturated rings. The van der Waals surface area contributed by atoms with Crippen molar-refractivity contribution in [2.45, 2.75) is 13.8 Å². The number of rotatable bonds is 3. The summed E-state index contributed by atoms with van der Waals surface area (Å²) in [7, 11) is 1.58. The minimum atomic E-state index is -0.834. The van der Waals surface area contributed by atoms with E-state index in [2.05, 4.69) is 0 Å². The molecular formula is C15H19NO4. The number of carbonyl (C=O) groups is 2. The van der Waals surface area contributed by atoms with Crippen molar-refractivity contribution in [2.24, 2.45) is 11.8 Å². The highest BCUT2D eigenvalue weighted by molar-refractivity contribution is 5.96. The maximum absolute atomic E-state index is 12.5. The number of benzene rings is 1. The van der Waals surface area contributed by atoms with Crippen LogP contribution in [0, 0.1) is 18.8 Å². The van der Waals surface area contributed by atoms with Crippen LogP contribution < -0.4 is 4.74 Å². The van der Waals surface area contributed by atoms with Gasteiger partial charge in [0.05, 0.1) is 13.0 Å². The van der Waals surface area contributed by atoms with E-state index >= 15 is 0 Å². The molecule has 0 unspecified atom stereocenters. The summed E-state index contributed by atoms with van der Waals surface area (Å²) in [5, 5.41) is 9.12. The van der Waals surface area contributed by atoms with Gasteiger partial charge in [-0.05, 0) is 36.6 Å². The Morgan fingerprint density at radius 3 is 2.55 bits per heavy atom. The Kier molecular flexibility index (Phi) is 3.97. The molecule has 5 nitrogen and oxygen atoms in total. The van der Waals surface area contributed by atoms with Crippen molar-refractivity contribution in [3.63, 3.8) is 0 Å². The zero-order chi connectivity index (χ0) is 14.9. The maximum atomic E-state index is 12.5. The number of likely N-dealkylation sites (tertiary alicyclic amines) is 1. The minimum Gasteiger partial charge on any atom is -0.497 e. The summed E-state index contributed by atoms with van der Waals surface area (Å²) < 4.78 is 5.12. The van der Waals surface area contributed by atoms with Gasteiger partial charge in [-0.3, -0.25) is 9.59 Å². The Balaban J connectivity index is 2.19. The second kappa shape index (κ2) is 5.53. The van der Waals surface area contributed by atoms with Crippen LogP contribution in [0.4, 0.5) is 0 Å². The summed E-state index contributed by atoms with van der Waals surface area (Å²) >= 11 is 0. The number of amides is 1. The third kappa shape index (κ3) is 2.61. The lowest BCUT2D eigenvalue weighted by Crippen LogP contribution is -2.30. The molecule has 5 heteroatoms. The van der Waals surface area contributed by atoms with Crippen LogP contribution in [-0.4, -0.2) is 42.1 Å². The first kappa shape index (κ1) is 14.4. The van der Waals surface area contributed by atoms with Gasteiger partial charge in [-0.15, -0.1) is 0 Å². The fraction of sp³-hybridized carbons (Fsp3) is 0.467. The van der Waals surface area contributed by atoms with E-state index in [1.54, 1.807) is 30.2 Å². The number of hydrogen-bond acceptors (Lipinski definition) is 3. The van der Waals surface area contributed by atoms with Gasteiger partial charge in [0, 0.05) is 18.7 Å². The molecular weight excluding hydrogens is 258 g/mol. The third-order valence-electron chi connectivity index (χ3n) is 3.88. The van der Waals surface area contributed by atoms with Crippen LogP contribution in [0.1, 0.15) is 22.8 Å². The number of methoxy groups -OCH3 is 1. The summed E-state index contributed by atoms with van der Waals surface area (Å²) in [6.45, 7) is 4.49. The molecule has 1 aromatic rings. The maximum Gasteiger partial charge on any atom is 0.308 e. The summed E-state index contributed by atoms with van der Waals surface area (Å²) in [6.07, 6.45) is 0. The summed E-state index contributed by atoms with van der Waals surface area (Å²) in [5.41, 5.74) is 1.44. The number of hydrogen-bond donors (Lipinski definition) is 1. The zero-order valence-corrected chi connectivity index (χ0v) is 11.9. The molecule has 0 spiro atoms. The monoisotopic (exact) mass is 277 g/mol. The van der Waals surface area contributed by atoms with Crippen molar-refractivity contribution in [1.29, 1.82) is 0 Å². The molecule has 1 aliphatic rings. The minimum absolute atomic E-state index is 0.0185. The Bertz CT molecular complexity index is 541. The summed E-state index contributed by atoms with van der Waals surface area (Å²) in [5.74, 6) is -0.732. The number of carboxylic acid groups (broad SMARTS) is 1. The van der Waals surface area contributed by atoms with Gasteiger partial charge in [-0.25, -0.2) is 0 Å². The predicted octanol–water partition coefficient (Wildman–Crippen LogP) is 1.80. The van der Waals surface area contributed by atoms with Crippen molar-refractivity contribution >= 4 is 11.9 Å². The Morgan fingerprint density at radius 2 is 2.05 bits per heavy atom. The van der Waals surface area contributed by atoms with E-state index in [1.165, 1.54) is 0 Å². The fourth-order valence-corrected chi connectivity index (χ4v) is 2.63. The molecule has 108 valence electrons. The molecule has 1 aliphatic heterocycles. The van der Waals surface area contributed by atoms with Gasteiger partial charge in [0.2, 0.25) is 0 Å². The molecule has 2 atom stereocenters. The second-order valence-corrected chi connectivity index (χ2v) is 5.31. The molecule has 1 aromatic carbocycles. The standard InChI is InChI=1S/C15H19NO4/c1-9-6-11(20-3)4-5-12(9)14(17)16-7-10(2)13(8-16)15(18)19/h4-6,10,13H,7-8H2,1-3H3,(H,18,19)/t10-,13-/m1/s1. The number of aliphatic carboxylic acids is 1. The molecule has 1 N–H and O–H groups in total. The van der Waals surface area contributed by atoms with Gasteiger partial charge in [-0.1, -0.05) is 6.92 Å². The first-order valence-electron chi connectivity index (χ1n) is 6.60. The van der Waals surface area contributed by atoms with Crippen LogP contribution >= 0.6 is 0 Å². The highest BCUT2D eigenvalue weighted by Crippen LogP contribution is 2.26. The largest absolute Gasteiger partial charge is 0.497 e. The van der Waals surface area contributed by atoms with Gasteiger partial charge in [0.25, 0.3) is 5.91 Å². The zero-order valence-electron chi connectivity index (χ0n) is 11.9. The van der Waals surface area contributed by atoms with Gasteiger partial charge in [-0.2, -0.15) is 0 Å². The van der Waals surface area contributed by atoms with E-state index < -0.39 is 11.9 Å². The highest BCUT2D eigenvalue weighted by atomic mass is 16.5. The molecule has 0 aromatic heterocycles. The normalized spacial score (nSPS) is 21.9. The van der Waals surface area contributed by atoms with Crippen molar-refractivity contribution in [3.8, 4) is 5.75 Å². The molecule has 0 saturated carbocycles. The van der Waals surface area contributed by atoms with E-state index in [4.69, 9.17) is 9.84 Å². The number of aryl methyl sites for hydroxylation is 1. The first-order valence-corrected chi connectivity index (χ1v) is 6.60. The number of carboxylic acids is 1. The van der Waals surface area contributed by atoms with Crippen molar-refractivity contribution in [2.75, 3.05) is 20.2 Å². The summed E-state index contributed by atoms with van der Waals surface area (Å²) in [4.78, 5) is 25.2. The van der Waals surface area contributed by atoms with Crippen LogP contribution in [0.5, 0.6) is 5.75 Å². The molecule has 2 rings (SSSR count). The molecule has 0 bridgehead atoms. The van der Waals surface area contributed by atoms with E-state index in [9.17, 15) is 9.59 Å². The van der Waals surface area contributed by atoms with Crippen molar-refractivity contribution in [1.82, 2.24) is 4.90 Å². The topological polar surface area (TPSA) is 66.8 Å². The lowest BCUT2D eigenvalue weighted by molar-refractivity contribution is -0.142. The Labute approximate surface area is 118 Å². The molecule has 20 heavy (non-hydrogen) atoms. The smallest absolute Gasteiger partial charge is 0.308 e. The highest BCUT2D eigenvalue weighted by Gasteiger charge is 2.37. The van der Waals surface area contributed by atoms with E-state index in [1.807, 2.05) is 13.8 Å². The van der Waals surface area contributed by atoms with Gasteiger partial charge >= 0.3 is 5.97 Å². The Hall–Kier alpha value is -2.04. The molecule has 1 saturated heterocycles. The number of nitrogens with zero attached hydrogens (tertiary/aromatic N) is 1. The quantitative estimate of drug-likeness (QED) is 0.914. The van der Waals surface area contributed by atoms with E-state index in [0.29, 0.717) is 17.9 Å². The average molecular weight is 277 g/mol. The number of ether oxygens (including phenoxy) is 1. The second-order valence-electron chi connectivity index (χ2n) is 5.31. The summed E-state index contributed by atoms with van der Waals surface area (Å²) in [6, 6.07) is 5.28. The molecule has 1 amide bonds. The van der Waals surface area contributed by atoms with Crippen LogP contribution in [0.3, 0.4) is 0 Å². The van der Waals surface area contributed by atoms with Crippen molar-refractivity contribution < 1.29 is 19.4 Å². The van der Waals surface area contributed by atoms with Gasteiger partial charge < -0.3 is 14.7 Å². The lowest BCUT2D eigenvalue weighted by Gasteiger charge is -2.17. The van der Waals surface area contributed by atoms with E-state index in [0.717, 1.165) is 5.56 Å². The molecule has 0 radical (unpaired) electrons.